The number of nitrogens with zero attached hydrogens (tertiary/aromatic N) is 5. The highest BCUT2D eigenvalue weighted by molar-refractivity contribution is 5.92. The second-order valence-electron chi connectivity index (χ2n) is 8.66. The fourth-order valence-corrected chi connectivity index (χ4v) is 4.17. The number of likely N-dealkylation sites (N-methyl/N-ethyl adjacent to an activating group) is 1. The Morgan fingerprint density at radius 3 is 2.58 bits per heavy atom. The molecule has 0 saturated carbocycles. The summed E-state index contributed by atoms with van der Waals surface area (Å²) in [5, 5.41) is 4.13. The number of aromatic nitrogens is 3. The van der Waals surface area contributed by atoms with Gasteiger partial charge in [0.1, 0.15) is 11.5 Å². The number of anilines is 4. The Bertz CT molecular complexity index is 1270. The van der Waals surface area contributed by atoms with Crippen molar-refractivity contribution >= 4 is 34.0 Å². The molecule has 1 aliphatic rings. The van der Waals surface area contributed by atoms with E-state index in [9.17, 15) is 4.39 Å². The molecule has 3 heterocycles. The first-order valence-electron chi connectivity index (χ1n) is 11.1. The molecule has 7 nitrogen and oxygen atoms in total. The molecule has 0 unspecified atom stereocenters. The first-order valence-corrected chi connectivity index (χ1v) is 11.1. The molecule has 170 valence electrons. The van der Waals surface area contributed by atoms with Gasteiger partial charge in [0.2, 0.25) is 5.95 Å². The van der Waals surface area contributed by atoms with Gasteiger partial charge in [-0.25, -0.2) is 9.37 Å². The lowest BCUT2D eigenvalue weighted by molar-refractivity contribution is 0.311. The fraction of sp³-hybridized carbons (Fsp3) is 0.280. The van der Waals surface area contributed by atoms with Crippen molar-refractivity contribution in [2.45, 2.75) is 0 Å². The van der Waals surface area contributed by atoms with Crippen LogP contribution in [-0.4, -0.2) is 67.2 Å². The van der Waals surface area contributed by atoms with Gasteiger partial charge < -0.3 is 25.0 Å². The third-order valence-electron chi connectivity index (χ3n) is 6.10. The van der Waals surface area contributed by atoms with Crippen molar-refractivity contribution in [3.05, 3.63) is 60.5 Å². The summed E-state index contributed by atoms with van der Waals surface area (Å²) in [5.74, 6) is 0.173. The molecule has 1 aliphatic heterocycles. The fourth-order valence-electron chi connectivity index (χ4n) is 4.17. The number of benzene rings is 2. The van der Waals surface area contributed by atoms with Gasteiger partial charge in [-0.1, -0.05) is 12.1 Å². The second-order valence-corrected chi connectivity index (χ2v) is 8.66. The Balaban J connectivity index is 1.45. The van der Waals surface area contributed by atoms with Crippen LogP contribution in [0.1, 0.15) is 0 Å². The number of hydrogen-bond donors (Lipinski definition) is 2. The first-order chi connectivity index (χ1) is 16.0. The van der Waals surface area contributed by atoms with Gasteiger partial charge >= 0.3 is 0 Å². The molecule has 0 atom stereocenters. The minimum Gasteiger partial charge on any atom is -0.378 e. The number of hydrogen-bond acceptors (Lipinski definition) is 6. The van der Waals surface area contributed by atoms with Crippen molar-refractivity contribution in [2.24, 2.45) is 0 Å². The monoisotopic (exact) mass is 445 g/mol. The maximum absolute atomic E-state index is 15.0. The molecule has 0 spiro atoms. The van der Waals surface area contributed by atoms with Gasteiger partial charge in [0.05, 0.1) is 11.4 Å². The van der Waals surface area contributed by atoms with Gasteiger partial charge in [0.15, 0.2) is 0 Å². The molecule has 1 saturated heterocycles. The minimum atomic E-state index is -0.246. The van der Waals surface area contributed by atoms with Crippen LogP contribution >= 0.6 is 0 Å². The van der Waals surface area contributed by atoms with E-state index in [0.717, 1.165) is 54.2 Å². The highest BCUT2D eigenvalue weighted by Gasteiger charge is 2.18. The molecule has 2 aromatic carbocycles. The molecule has 0 bridgehead atoms. The average molecular weight is 446 g/mol. The Kier molecular flexibility index (Phi) is 5.60. The van der Waals surface area contributed by atoms with Crippen molar-refractivity contribution in [1.82, 2.24) is 19.9 Å². The third kappa shape index (κ3) is 4.34. The number of rotatable bonds is 5. The van der Waals surface area contributed by atoms with E-state index in [0.29, 0.717) is 17.3 Å². The molecule has 0 aliphatic carbocycles. The highest BCUT2D eigenvalue weighted by atomic mass is 19.1. The van der Waals surface area contributed by atoms with Gasteiger partial charge in [0.25, 0.3) is 0 Å². The van der Waals surface area contributed by atoms with Gasteiger partial charge in [0, 0.05) is 68.8 Å². The summed E-state index contributed by atoms with van der Waals surface area (Å²) >= 11 is 0. The maximum atomic E-state index is 15.0. The molecular formula is C25H28FN7. The number of fused-ring (bicyclic) bond motifs is 1. The summed E-state index contributed by atoms with van der Waals surface area (Å²) in [6.07, 6.45) is 1.85. The van der Waals surface area contributed by atoms with Crippen LogP contribution in [0.4, 0.5) is 27.4 Å². The summed E-state index contributed by atoms with van der Waals surface area (Å²) in [7, 11) is 6.11. The van der Waals surface area contributed by atoms with Gasteiger partial charge in [-0.15, -0.1) is 0 Å². The van der Waals surface area contributed by atoms with E-state index in [4.69, 9.17) is 4.98 Å². The molecule has 1 fully saturated rings. The molecule has 5 rings (SSSR count). The van der Waals surface area contributed by atoms with E-state index in [1.54, 1.807) is 0 Å². The van der Waals surface area contributed by atoms with Gasteiger partial charge in [-0.3, -0.25) is 0 Å². The summed E-state index contributed by atoms with van der Waals surface area (Å²) in [4.78, 5) is 19.0. The SMILES string of the molecule is CN1CCN(c2ccc(Nc3nc(-c4cccc(N(C)C)c4)c4cc[nH]c4n3)cc2F)CC1. The highest BCUT2D eigenvalue weighted by Crippen LogP contribution is 2.31. The molecule has 8 heteroatoms. The van der Waals surface area contributed by atoms with E-state index in [2.05, 4.69) is 49.2 Å². The number of aromatic amines is 1. The van der Waals surface area contributed by atoms with Crippen LogP contribution in [0.5, 0.6) is 0 Å². The lowest BCUT2D eigenvalue weighted by atomic mass is 10.1. The van der Waals surface area contributed by atoms with E-state index >= 15 is 0 Å². The van der Waals surface area contributed by atoms with E-state index in [1.807, 2.05) is 50.6 Å². The Hall–Kier alpha value is -3.65. The lowest BCUT2D eigenvalue weighted by Gasteiger charge is -2.34. The predicted octanol–water partition coefficient (Wildman–Crippen LogP) is 4.33. The lowest BCUT2D eigenvalue weighted by Crippen LogP contribution is -2.44. The van der Waals surface area contributed by atoms with Crippen LogP contribution in [-0.2, 0) is 0 Å². The third-order valence-corrected chi connectivity index (χ3v) is 6.10. The van der Waals surface area contributed by atoms with Crippen molar-refractivity contribution in [1.29, 1.82) is 0 Å². The maximum Gasteiger partial charge on any atom is 0.229 e. The standard InChI is InChI=1S/C25H28FN7/c1-31(2)19-6-4-5-17(15-19)23-20-9-10-27-24(20)30-25(29-23)28-18-7-8-22(21(26)16-18)33-13-11-32(3)12-14-33/h4-10,15-16H,11-14H2,1-3H3,(H2,27,28,29,30). The predicted molar refractivity (Wildman–Crippen MR) is 133 cm³/mol. The summed E-state index contributed by atoms with van der Waals surface area (Å²) < 4.78 is 15.0. The molecule has 2 aromatic heterocycles. The number of nitrogens with one attached hydrogen (secondary N) is 2. The Morgan fingerprint density at radius 1 is 1.00 bits per heavy atom. The van der Waals surface area contributed by atoms with Gasteiger partial charge in [-0.2, -0.15) is 4.98 Å². The number of piperazine rings is 1. The molecule has 0 radical (unpaired) electrons. The van der Waals surface area contributed by atoms with Crippen LogP contribution < -0.4 is 15.1 Å². The van der Waals surface area contributed by atoms with Crippen molar-refractivity contribution in [3.63, 3.8) is 0 Å². The molecule has 33 heavy (non-hydrogen) atoms. The van der Waals surface area contributed by atoms with Gasteiger partial charge in [-0.05, 0) is 43.4 Å². The molecular weight excluding hydrogens is 417 g/mol. The zero-order valence-corrected chi connectivity index (χ0v) is 19.1. The molecule has 0 amide bonds. The Labute approximate surface area is 192 Å². The van der Waals surface area contributed by atoms with Crippen molar-refractivity contribution in [3.8, 4) is 11.3 Å². The van der Waals surface area contributed by atoms with Crippen LogP contribution in [0.15, 0.2) is 54.7 Å². The molecule has 2 N–H and O–H groups in total. The Morgan fingerprint density at radius 2 is 1.82 bits per heavy atom. The van der Waals surface area contributed by atoms with Crippen molar-refractivity contribution in [2.75, 3.05) is 62.4 Å². The van der Waals surface area contributed by atoms with E-state index < -0.39 is 0 Å². The smallest absolute Gasteiger partial charge is 0.229 e. The second kappa shape index (κ2) is 8.71. The topological polar surface area (TPSA) is 63.3 Å². The number of halogens is 1. The van der Waals surface area contributed by atoms with Crippen molar-refractivity contribution < 1.29 is 4.39 Å². The summed E-state index contributed by atoms with van der Waals surface area (Å²) in [6.45, 7) is 3.51. The number of H-pyrrole nitrogens is 1. The summed E-state index contributed by atoms with van der Waals surface area (Å²) in [6, 6.07) is 15.4. The normalized spacial score (nSPS) is 14.6. The quantitative estimate of drug-likeness (QED) is 0.477. The zero-order chi connectivity index (χ0) is 22.9. The zero-order valence-electron chi connectivity index (χ0n) is 19.1. The van der Waals surface area contributed by atoms with E-state index in [-0.39, 0.29) is 5.82 Å². The van der Waals surface area contributed by atoms with Crippen LogP contribution in [0.25, 0.3) is 22.3 Å². The van der Waals surface area contributed by atoms with E-state index in [1.165, 1.54) is 6.07 Å². The molecule has 4 aromatic rings. The largest absolute Gasteiger partial charge is 0.378 e. The summed E-state index contributed by atoms with van der Waals surface area (Å²) in [5.41, 5.74) is 4.88. The van der Waals surface area contributed by atoms with Crippen LogP contribution in [0.3, 0.4) is 0 Å². The van der Waals surface area contributed by atoms with Crippen LogP contribution in [0.2, 0.25) is 0 Å². The first kappa shape index (κ1) is 21.2. The minimum absolute atomic E-state index is 0.246. The van der Waals surface area contributed by atoms with Crippen LogP contribution in [0, 0.1) is 5.82 Å². The average Bonchev–Trinajstić information content (AvgIpc) is 3.28.